The van der Waals surface area contributed by atoms with Crippen LogP contribution in [0.15, 0.2) is 53.7 Å². The number of fused-ring (bicyclic) bond motifs is 1. The number of aromatic nitrogens is 4. The van der Waals surface area contributed by atoms with Gasteiger partial charge < -0.3 is 19.2 Å². The van der Waals surface area contributed by atoms with E-state index in [2.05, 4.69) is 19.9 Å². The van der Waals surface area contributed by atoms with Gasteiger partial charge in [0, 0.05) is 44.2 Å². The van der Waals surface area contributed by atoms with Crippen molar-refractivity contribution in [3.8, 4) is 11.6 Å². The molecule has 4 heterocycles. The number of alkyl halides is 3. The molecule has 0 spiro atoms. The second-order valence-corrected chi connectivity index (χ2v) is 9.29. The van der Waals surface area contributed by atoms with Crippen LogP contribution in [0.3, 0.4) is 0 Å². The number of aromatic amines is 1. The maximum absolute atomic E-state index is 13.8. The molecule has 0 amide bonds. The fourth-order valence-corrected chi connectivity index (χ4v) is 4.41. The number of ether oxygens (including phenoxy) is 1. The second-order valence-electron chi connectivity index (χ2n) is 9.29. The molecule has 4 aromatic rings. The number of nitrogens with zero attached hydrogens (tertiary/aromatic N) is 4. The lowest BCUT2D eigenvalue weighted by atomic mass is 10.1. The average molecular weight is 498 g/mol. The number of halogens is 3. The lowest BCUT2D eigenvalue weighted by Gasteiger charge is -2.30. The van der Waals surface area contributed by atoms with Gasteiger partial charge in [-0.3, -0.25) is 4.79 Å². The Hall–Kier alpha value is -3.66. The summed E-state index contributed by atoms with van der Waals surface area (Å²) >= 11 is 0. The van der Waals surface area contributed by atoms with Crippen molar-refractivity contribution in [2.75, 3.05) is 20.1 Å². The summed E-state index contributed by atoms with van der Waals surface area (Å²) in [4.78, 5) is 26.4. The fourth-order valence-electron chi connectivity index (χ4n) is 4.41. The van der Waals surface area contributed by atoms with Crippen molar-refractivity contribution < 1.29 is 17.9 Å². The lowest BCUT2D eigenvalue weighted by molar-refractivity contribution is -0.139. The third kappa shape index (κ3) is 5.13. The molecule has 0 radical (unpaired) electrons. The zero-order chi connectivity index (χ0) is 25.4. The van der Waals surface area contributed by atoms with E-state index in [1.165, 1.54) is 6.07 Å². The molecule has 1 aliphatic heterocycles. The van der Waals surface area contributed by atoms with Crippen molar-refractivity contribution in [1.29, 1.82) is 0 Å². The maximum Gasteiger partial charge on any atom is 0.419 e. The molecule has 5 rings (SSSR count). The molecule has 0 saturated carbocycles. The van der Waals surface area contributed by atoms with Crippen LogP contribution in [0.2, 0.25) is 0 Å². The SMILES string of the molecule is Cc1ccn(-c2ccc(Cc3nc4cc(OC5CCN(C)CC5)c(C(F)(F)F)cc4c(=O)[nH]3)cn2)c1. The van der Waals surface area contributed by atoms with Crippen molar-refractivity contribution in [2.24, 2.45) is 0 Å². The molecule has 1 aliphatic rings. The van der Waals surface area contributed by atoms with E-state index >= 15 is 0 Å². The van der Waals surface area contributed by atoms with Gasteiger partial charge in [-0.1, -0.05) is 6.07 Å². The van der Waals surface area contributed by atoms with Crippen molar-refractivity contribution in [3.05, 3.63) is 81.8 Å². The number of hydrogen-bond donors (Lipinski definition) is 1. The van der Waals surface area contributed by atoms with Gasteiger partial charge >= 0.3 is 6.18 Å². The summed E-state index contributed by atoms with van der Waals surface area (Å²) in [6, 6.07) is 7.80. The Labute approximate surface area is 205 Å². The second kappa shape index (κ2) is 9.42. The average Bonchev–Trinajstić information content (AvgIpc) is 3.26. The number of benzene rings is 1. The van der Waals surface area contributed by atoms with E-state index in [9.17, 15) is 18.0 Å². The number of pyridine rings is 1. The predicted octanol–water partition coefficient (Wildman–Crippen LogP) is 4.50. The van der Waals surface area contributed by atoms with Gasteiger partial charge in [0.15, 0.2) is 0 Å². The molecule has 188 valence electrons. The Balaban J connectivity index is 1.45. The highest BCUT2D eigenvalue weighted by atomic mass is 19.4. The smallest absolute Gasteiger partial charge is 0.419 e. The molecule has 1 fully saturated rings. The fraction of sp³-hybridized carbons (Fsp3) is 0.346. The highest BCUT2D eigenvalue weighted by Crippen LogP contribution is 2.39. The van der Waals surface area contributed by atoms with E-state index in [4.69, 9.17) is 4.74 Å². The Morgan fingerprint density at radius 3 is 2.58 bits per heavy atom. The van der Waals surface area contributed by atoms with E-state index < -0.39 is 17.3 Å². The number of rotatable bonds is 5. The van der Waals surface area contributed by atoms with Crippen LogP contribution in [0, 0.1) is 6.92 Å². The quantitative estimate of drug-likeness (QED) is 0.440. The van der Waals surface area contributed by atoms with Gasteiger partial charge in [0.05, 0.1) is 16.5 Å². The van der Waals surface area contributed by atoms with E-state index in [0.717, 1.165) is 36.1 Å². The molecule has 0 atom stereocenters. The number of piperidine rings is 1. The van der Waals surface area contributed by atoms with Gasteiger partial charge in [-0.15, -0.1) is 0 Å². The highest BCUT2D eigenvalue weighted by molar-refractivity contribution is 5.80. The zero-order valence-electron chi connectivity index (χ0n) is 20.0. The molecule has 0 bridgehead atoms. The molecule has 0 aliphatic carbocycles. The van der Waals surface area contributed by atoms with Crippen LogP contribution in [-0.4, -0.2) is 50.7 Å². The molecule has 10 heteroatoms. The first-order valence-corrected chi connectivity index (χ1v) is 11.7. The summed E-state index contributed by atoms with van der Waals surface area (Å²) in [5, 5.41) is -0.127. The molecule has 1 aromatic carbocycles. The van der Waals surface area contributed by atoms with Gasteiger partial charge in [-0.2, -0.15) is 13.2 Å². The standard InChI is InChI=1S/C26H26F3N5O2/c1-16-5-10-34(15-16)24-4-3-17(14-30-24)11-23-31-21-13-22(36-18-6-8-33(2)9-7-18)20(26(27,28)29)12-19(21)25(35)32-23/h3-5,10,12-15,18H,6-9,11H2,1-2H3,(H,31,32,35). The minimum Gasteiger partial charge on any atom is -0.490 e. The predicted molar refractivity (Wildman–Crippen MR) is 130 cm³/mol. The van der Waals surface area contributed by atoms with Gasteiger partial charge in [-0.25, -0.2) is 9.97 Å². The highest BCUT2D eigenvalue weighted by Gasteiger charge is 2.36. The first kappa shape index (κ1) is 24.1. The maximum atomic E-state index is 13.8. The van der Waals surface area contributed by atoms with Gasteiger partial charge in [0.1, 0.15) is 23.5 Å². The minimum absolute atomic E-state index is 0.127. The minimum atomic E-state index is -4.66. The van der Waals surface area contributed by atoms with Crippen molar-refractivity contribution in [2.45, 2.75) is 38.5 Å². The first-order valence-electron chi connectivity index (χ1n) is 11.7. The molecule has 1 saturated heterocycles. The molecule has 0 unspecified atom stereocenters. The Morgan fingerprint density at radius 1 is 1.17 bits per heavy atom. The summed E-state index contributed by atoms with van der Waals surface area (Å²) in [6.07, 6.45) is 2.12. The lowest BCUT2D eigenvalue weighted by Crippen LogP contribution is -2.36. The number of nitrogens with one attached hydrogen (secondary N) is 1. The third-order valence-corrected chi connectivity index (χ3v) is 6.41. The molecule has 7 nitrogen and oxygen atoms in total. The van der Waals surface area contributed by atoms with E-state index in [0.29, 0.717) is 18.7 Å². The van der Waals surface area contributed by atoms with Crippen LogP contribution in [0.25, 0.3) is 16.7 Å². The van der Waals surface area contributed by atoms with Gasteiger partial charge in [-0.05, 0) is 56.1 Å². The largest absolute Gasteiger partial charge is 0.490 e. The van der Waals surface area contributed by atoms with Crippen molar-refractivity contribution in [3.63, 3.8) is 0 Å². The van der Waals surface area contributed by atoms with Crippen LogP contribution in [0.1, 0.15) is 35.4 Å². The van der Waals surface area contributed by atoms with Crippen LogP contribution in [0.5, 0.6) is 5.75 Å². The molecule has 36 heavy (non-hydrogen) atoms. The summed E-state index contributed by atoms with van der Waals surface area (Å²) in [5.41, 5.74) is 0.497. The van der Waals surface area contributed by atoms with Crippen LogP contribution in [-0.2, 0) is 12.6 Å². The van der Waals surface area contributed by atoms with Crippen LogP contribution >= 0.6 is 0 Å². The normalized spacial score (nSPS) is 15.5. The Kier molecular flexibility index (Phi) is 6.29. The third-order valence-electron chi connectivity index (χ3n) is 6.41. The molecule has 3 aromatic heterocycles. The van der Waals surface area contributed by atoms with Gasteiger partial charge in [0.25, 0.3) is 5.56 Å². The van der Waals surface area contributed by atoms with Crippen molar-refractivity contribution in [1.82, 2.24) is 24.4 Å². The van der Waals surface area contributed by atoms with Gasteiger partial charge in [0.2, 0.25) is 0 Å². The topological polar surface area (TPSA) is 76.0 Å². The van der Waals surface area contributed by atoms with Crippen LogP contribution in [0.4, 0.5) is 13.2 Å². The summed E-state index contributed by atoms with van der Waals surface area (Å²) < 4.78 is 49.2. The number of aryl methyl sites for hydroxylation is 1. The van der Waals surface area contributed by atoms with Crippen LogP contribution < -0.4 is 10.3 Å². The van der Waals surface area contributed by atoms with E-state index in [-0.39, 0.29) is 29.2 Å². The summed E-state index contributed by atoms with van der Waals surface area (Å²) in [5.74, 6) is 0.799. The number of H-pyrrole nitrogens is 1. The molecule has 1 N–H and O–H groups in total. The van der Waals surface area contributed by atoms with E-state index in [1.54, 1.807) is 6.20 Å². The molecular weight excluding hydrogens is 471 g/mol. The Bertz CT molecular complexity index is 1430. The number of hydrogen-bond acceptors (Lipinski definition) is 5. The van der Waals surface area contributed by atoms with E-state index in [1.807, 2.05) is 49.1 Å². The first-order chi connectivity index (χ1) is 17.2. The zero-order valence-corrected chi connectivity index (χ0v) is 20.0. The Morgan fingerprint density at radius 2 is 1.94 bits per heavy atom. The summed E-state index contributed by atoms with van der Waals surface area (Å²) in [7, 11) is 1.97. The summed E-state index contributed by atoms with van der Waals surface area (Å²) in [6.45, 7) is 3.49. The van der Waals surface area contributed by atoms with Crippen molar-refractivity contribution >= 4 is 10.9 Å². The molecular formula is C26H26F3N5O2. The number of likely N-dealkylation sites (tertiary alicyclic amines) is 1. The monoisotopic (exact) mass is 497 g/mol.